The zero-order valence-corrected chi connectivity index (χ0v) is 12.1. The van der Waals surface area contributed by atoms with E-state index in [0.717, 1.165) is 18.5 Å². The summed E-state index contributed by atoms with van der Waals surface area (Å²) in [6, 6.07) is 14.6. The molecule has 0 radical (unpaired) electrons. The van der Waals surface area contributed by atoms with Gasteiger partial charge in [0.2, 0.25) is 5.91 Å². The number of nitrogens with zero attached hydrogens (tertiary/aromatic N) is 1. The topological polar surface area (TPSA) is 46.3 Å². The van der Waals surface area contributed by atoms with Crippen LogP contribution in [0.15, 0.2) is 42.5 Å². The number of rotatable bonds is 2. The molecule has 0 bridgehead atoms. The summed E-state index contributed by atoms with van der Waals surface area (Å²) in [6.45, 7) is 1.50. The van der Waals surface area contributed by atoms with Gasteiger partial charge in [-0.2, -0.15) is 0 Å². The number of carbonyl (C=O) groups is 1. The molecule has 1 fully saturated rings. The fraction of sp³-hybridized carbons (Fsp3) is 0.312. The van der Waals surface area contributed by atoms with E-state index in [0.29, 0.717) is 13.0 Å². The van der Waals surface area contributed by atoms with Crippen LogP contribution in [0.1, 0.15) is 12.0 Å². The van der Waals surface area contributed by atoms with Crippen molar-refractivity contribution in [1.29, 1.82) is 0 Å². The number of hydrogen-bond acceptors (Lipinski definition) is 2. The molecule has 20 heavy (non-hydrogen) atoms. The lowest BCUT2D eigenvalue weighted by Crippen LogP contribution is -2.32. The van der Waals surface area contributed by atoms with Crippen LogP contribution in [0.5, 0.6) is 0 Å². The second kappa shape index (κ2) is 6.25. The third-order valence-corrected chi connectivity index (χ3v) is 3.75. The summed E-state index contributed by atoms with van der Waals surface area (Å²) in [6.07, 6.45) is 1.39. The van der Waals surface area contributed by atoms with Crippen LogP contribution in [-0.4, -0.2) is 29.9 Å². The van der Waals surface area contributed by atoms with E-state index >= 15 is 0 Å². The Morgan fingerprint density at radius 2 is 1.95 bits per heavy atom. The van der Waals surface area contributed by atoms with Gasteiger partial charge in [-0.3, -0.25) is 4.79 Å². The minimum atomic E-state index is 0. The van der Waals surface area contributed by atoms with Gasteiger partial charge in [0.25, 0.3) is 0 Å². The van der Waals surface area contributed by atoms with E-state index < -0.39 is 0 Å². The SMILES string of the molecule is Cl.NC1CCN(C(=O)Cc2ccc3ccccc3c2)C1. The third-order valence-electron chi connectivity index (χ3n) is 3.75. The van der Waals surface area contributed by atoms with Crippen LogP contribution in [0.4, 0.5) is 0 Å². The average Bonchev–Trinajstić information content (AvgIpc) is 2.85. The van der Waals surface area contributed by atoms with Gasteiger partial charge >= 0.3 is 0 Å². The van der Waals surface area contributed by atoms with Crippen molar-refractivity contribution in [2.45, 2.75) is 18.9 Å². The van der Waals surface area contributed by atoms with Crippen LogP contribution < -0.4 is 5.73 Å². The van der Waals surface area contributed by atoms with Gasteiger partial charge in [-0.25, -0.2) is 0 Å². The van der Waals surface area contributed by atoms with Gasteiger partial charge in [0.1, 0.15) is 0 Å². The number of hydrogen-bond donors (Lipinski definition) is 1. The van der Waals surface area contributed by atoms with Crippen LogP contribution in [0.3, 0.4) is 0 Å². The molecule has 3 nitrogen and oxygen atoms in total. The molecule has 1 aliphatic rings. The van der Waals surface area contributed by atoms with Crippen molar-refractivity contribution in [1.82, 2.24) is 4.90 Å². The highest BCUT2D eigenvalue weighted by molar-refractivity contribution is 5.86. The molecule has 1 saturated heterocycles. The van der Waals surface area contributed by atoms with Crippen molar-refractivity contribution in [3.8, 4) is 0 Å². The molecule has 0 spiro atoms. The highest BCUT2D eigenvalue weighted by atomic mass is 35.5. The second-order valence-electron chi connectivity index (χ2n) is 5.25. The minimum absolute atomic E-state index is 0. The highest BCUT2D eigenvalue weighted by Crippen LogP contribution is 2.17. The Morgan fingerprint density at radius 3 is 2.65 bits per heavy atom. The minimum Gasteiger partial charge on any atom is -0.341 e. The monoisotopic (exact) mass is 290 g/mol. The van der Waals surface area contributed by atoms with Crippen molar-refractivity contribution >= 4 is 29.1 Å². The summed E-state index contributed by atoms with van der Waals surface area (Å²) in [4.78, 5) is 14.0. The largest absolute Gasteiger partial charge is 0.341 e. The molecule has 4 heteroatoms. The van der Waals surface area contributed by atoms with Crippen molar-refractivity contribution in [2.24, 2.45) is 5.73 Å². The summed E-state index contributed by atoms with van der Waals surface area (Å²) in [5.41, 5.74) is 6.91. The zero-order chi connectivity index (χ0) is 13.2. The Hall–Kier alpha value is -1.58. The van der Waals surface area contributed by atoms with Crippen LogP contribution in [-0.2, 0) is 11.2 Å². The number of amides is 1. The van der Waals surface area contributed by atoms with Crippen molar-refractivity contribution in [3.63, 3.8) is 0 Å². The lowest BCUT2D eigenvalue weighted by molar-refractivity contribution is -0.129. The fourth-order valence-electron chi connectivity index (χ4n) is 2.65. The lowest BCUT2D eigenvalue weighted by atomic mass is 10.0. The second-order valence-corrected chi connectivity index (χ2v) is 5.25. The lowest BCUT2D eigenvalue weighted by Gasteiger charge is -2.15. The Labute approximate surface area is 125 Å². The van der Waals surface area contributed by atoms with Crippen molar-refractivity contribution in [2.75, 3.05) is 13.1 Å². The maximum atomic E-state index is 12.2. The maximum absolute atomic E-state index is 12.2. The van der Waals surface area contributed by atoms with Gasteiger partial charge in [0.15, 0.2) is 0 Å². The third kappa shape index (κ3) is 3.11. The summed E-state index contributed by atoms with van der Waals surface area (Å²) in [7, 11) is 0. The molecule has 1 heterocycles. The number of fused-ring (bicyclic) bond motifs is 1. The van der Waals surface area contributed by atoms with Gasteiger partial charge in [-0.15, -0.1) is 12.4 Å². The molecule has 1 unspecified atom stereocenters. The normalized spacial score (nSPS) is 18.1. The number of likely N-dealkylation sites (tertiary alicyclic amines) is 1. The predicted octanol–water partition coefficient (Wildman–Crippen LogP) is 2.36. The van der Waals surface area contributed by atoms with Crippen LogP contribution in [0, 0.1) is 0 Å². The van der Waals surface area contributed by atoms with Crippen molar-refractivity contribution < 1.29 is 4.79 Å². The Kier molecular flexibility index (Phi) is 4.63. The molecule has 1 atom stereocenters. The Bertz CT molecular complexity index is 614. The molecule has 2 aromatic carbocycles. The summed E-state index contributed by atoms with van der Waals surface area (Å²) < 4.78 is 0. The molecule has 2 aromatic rings. The predicted molar refractivity (Wildman–Crippen MR) is 84.1 cm³/mol. The summed E-state index contributed by atoms with van der Waals surface area (Å²) in [5, 5.41) is 2.40. The highest BCUT2D eigenvalue weighted by Gasteiger charge is 2.23. The molecule has 1 aliphatic heterocycles. The molecular weight excluding hydrogens is 272 g/mol. The molecule has 0 aromatic heterocycles. The van der Waals surface area contributed by atoms with Gasteiger partial charge in [-0.1, -0.05) is 42.5 Å². The van der Waals surface area contributed by atoms with Crippen LogP contribution in [0.2, 0.25) is 0 Å². The van der Waals surface area contributed by atoms with E-state index in [1.807, 2.05) is 23.1 Å². The number of carbonyl (C=O) groups excluding carboxylic acids is 1. The smallest absolute Gasteiger partial charge is 0.227 e. The maximum Gasteiger partial charge on any atom is 0.227 e. The molecule has 106 valence electrons. The van der Waals surface area contributed by atoms with Crippen LogP contribution >= 0.6 is 12.4 Å². The Balaban J connectivity index is 0.00000147. The fourth-order valence-corrected chi connectivity index (χ4v) is 2.65. The first-order valence-corrected chi connectivity index (χ1v) is 6.73. The van der Waals surface area contributed by atoms with Gasteiger partial charge in [0, 0.05) is 19.1 Å². The number of nitrogens with two attached hydrogens (primary N) is 1. The van der Waals surface area contributed by atoms with Gasteiger partial charge < -0.3 is 10.6 Å². The number of benzene rings is 2. The van der Waals surface area contributed by atoms with Gasteiger partial charge in [0.05, 0.1) is 6.42 Å². The number of halogens is 1. The first-order valence-electron chi connectivity index (χ1n) is 6.73. The van der Waals surface area contributed by atoms with E-state index in [4.69, 9.17) is 5.73 Å². The molecule has 2 N–H and O–H groups in total. The van der Waals surface area contributed by atoms with Crippen LogP contribution in [0.25, 0.3) is 10.8 Å². The van der Waals surface area contributed by atoms with Gasteiger partial charge in [-0.05, 0) is 22.8 Å². The zero-order valence-electron chi connectivity index (χ0n) is 11.3. The molecular formula is C16H19ClN2O. The molecule has 0 saturated carbocycles. The first kappa shape index (κ1) is 14.8. The standard InChI is InChI=1S/C16H18N2O.ClH/c17-15-7-8-18(11-15)16(19)10-12-5-6-13-3-1-2-4-14(13)9-12;/h1-6,9,15H,7-8,10-11,17H2;1H. The quantitative estimate of drug-likeness (QED) is 0.923. The molecule has 0 aliphatic carbocycles. The van der Waals surface area contributed by atoms with E-state index in [-0.39, 0.29) is 24.4 Å². The average molecular weight is 291 g/mol. The molecule has 3 rings (SSSR count). The Morgan fingerprint density at radius 1 is 1.20 bits per heavy atom. The van der Waals surface area contributed by atoms with E-state index in [1.54, 1.807) is 0 Å². The van der Waals surface area contributed by atoms with E-state index in [2.05, 4.69) is 24.3 Å². The summed E-state index contributed by atoms with van der Waals surface area (Å²) >= 11 is 0. The molecule has 1 amide bonds. The van der Waals surface area contributed by atoms with E-state index in [9.17, 15) is 4.79 Å². The van der Waals surface area contributed by atoms with Crippen molar-refractivity contribution in [3.05, 3.63) is 48.0 Å². The first-order chi connectivity index (χ1) is 9.22. The summed E-state index contributed by atoms with van der Waals surface area (Å²) in [5.74, 6) is 0.184. The van der Waals surface area contributed by atoms with E-state index in [1.165, 1.54) is 10.8 Å².